The number of anilines is 1. The molecule has 170 valence electrons. The number of alkyl halides is 2. The van der Waals surface area contributed by atoms with Crippen molar-refractivity contribution in [2.24, 2.45) is 5.92 Å². The van der Waals surface area contributed by atoms with Crippen molar-refractivity contribution < 1.29 is 22.0 Å². The highest BCUT2D eigenvalue weighted by molar-refractivity contribution is 7.98. The van der Waals surface area contributed by atoms with Crippen molar-refractivity contribution in [2.45, 2.75) is 53.1 Å². The summed E-state index contributed by atoms with van der Waals surface area (Å²) in [6, 6.07) is 9.61. The number of hydrogen-bond donors (Lipinski definition) is 1. The van der Waals surface area contributed by atoms with Crippen LogP contribution in [0, 0.1) is 5.92 Å². The number of rotatable bonds is 7. The van der Waals surface area contributed by atoms with Crippen molar-refractivity contribution in [2.75, 3.05) is 11.6 Å². The Bertz CT molecular complexity index is 1100. The van der Waals surface area contributed by atoms with Crippen LogP contribution in [0.25, 0.3) is 5.57 Å². The van der Waals surface area contributed by atoms with E-state index in [1.54, 1.807) is 30.5 Å². The first-order valence-corrected chi connectivity index (χ1v) is 13.2. The summed E-state index contributed by atoms with van der Waals surface area (Å²) in [5.41, 5.74) is 0.720. The number of amides is 1. The lowest BCUT2D eigenvalue weighted by Crippen LogP contribution is -2.16. The van der Waals surface area contributed by atoms with Crippen LogP contribution in [-0.4, -0.2) is 43.2 Å². The molecule has 0 spiro atoms. The van der Waals surface area contributed by atoms with Gasteiger partial charge in [0.05, 0.1) is 10.1 Å². The first kappa shape index (κ1) is 22.9. The minimum atomic E-state index is -3.35. The molecule has 2 fully saturated rings. The van der Waals surface area contributed by atoms with E-state index in [-0.39, 0.29) is 28.6 Å². The quantitative estimate of drug-likeness (QED) is 0.455. The minimum absolute atomic E-state index is 0.00671. The van der Waals surface area contributed by atoms with Gasteiger partial charge >= 0.3 is 0 Å². The Kier molecular flexibility index (Phi) is 6.67. The molecular weight excluding hydrogens is 454 g/mol. The second kappa shape index (κ2) is 9.31. The number of carbonyl (C=O) groups excluding carboxylic acids is 1. The lowest BCUT2D eigenvalue weighted by molar-refractivity contribution is -0.111. The summed E-state index contributed by atoms with van der Waals surface area (Å²) in [6.45, 7) is 0. The van der Waals surface area contributed by atoms with E-state index in [1.165, 1.54) is 23.9 Å². The third-order valence-electron chi connectivity index (χ3n) is 5.77. The maximum absolute atomic E-state index is 13.7. The summed E-state index contributed by atoms with van der Waals surface area (Å²) in [5, 5.41) is 2.40. The lowest BCUT2D eigenvalue weighted by Gasteiger charge is -2.13. The number of aromatic nitrogens is 1. The first-order chi connectivity index (χ1) is 15.3. The van der Waals surface area contributed by atoms with Crippen LogP contribution in [0.5, 0.6) is 0 Å². The van der Waals surface area contributed by atoms with Crippen molar-refractivity contribution in [1.82, 2.24) is 4.98 Å². The largest absolute Gasteiger partial charge is 0.307 e. The molecule has 0 bridgehead atoms. The highest BCUT2D eigenvalue weighted by atomic mass is 32.2. The number of halogens is 2. The molecule has 4 rings (SSSR count). The van der Waals surface area contributed by atoms with Crippen LogP contribution in [0.3, 0.4) is 0 Å². The van der Waals surface area contributed by atoms with Gasteiger partial charge in [-0.25, -0.2) is 22.2 Å². The van der Waals surface area contributed by atoms with Crippen LogP contribution in [0.4, 0.5) is 14.6 Å². The minimum Gasteiger partial charge on any atom is -0.307 e. The molecule has 5 nitrogen and oxygen atoms in total. The van der Waals surface area contributed by atoms with Crippen molar-refractivity contribution in [3.8, 4) is 0 Å². The predicted octanol–water partition coefficient (Wildman–Crippen LogP) is 4.85. The Balaban J connectivity index is 1.62. The topological polar surface area (TPSA) is 76.1 Å². The van der Waals surface area contributed by atoms with E-state index in [1.807, 2.05) is 12.3 Å². The zero-order valence-corrected chi connectivity index (χ0v) is 19.1. The van der Waals surface area contributed by atoms with Gasteiger partial charge in [-0.1, -0.05) is 18.2 Å². The van der Waals surface area contributed by atoms with Crippen molar-refractivity contribution in [1.29, 1.82) is 0 Å². The molecule has 1 N–H and O–H groups in total. The standard InChI is InChI=1S/C23H24F2N2O3S2/c1-31-16-4-9-22(26-13-16)27-23(28)19(10-14-11-20(24)21(25)12-14)15-2-5-17(6-3-15)32(29,30)18-7-8-18/h2-6,9-10,13-14,18,20-21H,7-8,11-12H2,1H3,(H,26,27,28)/b19-10+/t14-,20+,21-. The fourth-order valence-corrected chi connectivity index (χ4v) is 5.82. The highest BCUT2D eigenvalue weighted by Gasteiger charge is 2.37. The molecule has 1 aromatic heterocycles. The van der Waals surface area contributed by atoms with Crippen LogP contribution in [-0.2, 0) is 14.6 Å². The SMILES string of the molecule is CSc1ccc(NC(=O)/C(=C/[C@H]2C[C@@H](F)[C@@H](F)C2)c2ccc(S(=O)(=O)C3CC3)cc2)nc1. The normalized spacial score (nSPS) is 23.8. The van der Waals surface area contributed by atoms with Crippen LogP contribution in [0.15, 0.2) is 58.5 Å². The van der Waals surface area contributed by atoms with Gasteiger partial charge < -0.3 is 5.32 Å². The van der Waals surface area contributed by atoms with E-state index < -0.39 is 34.0 Å². The van der Waals surface area contributed by atoms with Crippen LogP contribution >= 0.6 is 11.8 Å². The van der Waals surface area contributed by atoms with Gasteiger partial charge in [0.1, 0.15) is 18.2 Å². The van der Waals surface area contributed by atoms with Gasteiger partial charge in [0.15, 0.2) is 9.84 Å². The number of sulfone groups is 1. The van der Waals surface area contributed by atoms with E-state index in [0.717, 1.165) is 4.90 Å². The third kappa shape index (κ3) is 5.04. The van der Waals surface area contributed by atoms with Gasteiger partial charge in [0.2, 0.25) is 0 Å². The first-order valence-electron chi connectivity index (χ1n) is 10.4. The summed E-state index contributed by atoms with van der Waals surface area (Å²) in [6.07, 6.45) is 3.38. The van der Waals surface area contributed by atoms with Gasteiger partial charge in [-0.2, -0.15) is 0 Å². The highest BCUT2D eigenvalue weighted by Crippen LogP contribution is 2.36. The smallest absolute Gasteiger partial charge is 0.257 e. The van der Waals surface area contributed by atoms with E-state index in [0.29, 0.717) is 24.2 Å². The third-order valence-corrected chi connectivity index (χ3v) is 8.76. The molecule has 9 heteroatoms. The van der Waals surface area contributed by atoms with Gasteiger partial charge in [0.25, 0.3) is 5.91 Å². The van der Waals surface area contributed by atoms with Crippen molar-refractivity contribution in [3.05, 3.63) is 54.2 Å². The number of carbonyl (C=O) groups is 1. The molecular formula is C23H24F2N2O3S2. The van der Waals surface area contributed by atoms with E-state index in [2.05, 4.69) is 10.3 Å². The molecule has 0 radical (unpaired) electrons. The Morgan fingerprint density at radius 1 is 1.09 bits per heavy atom. The zero-order valence-electron chi connectivity index (χ0n) is 17.5. The zero-order chi connectivity index (χ0) is 22.9. The molecule has 3 atom stereocenters. The number of nitrogens with zero attached hydrogens (tertiary/aromatic N) is 1. The molecule has 1 amide bonds. The average Bonchev–Trinajstić information content (AvgIpc) is 3.59. The van der Waals surface area contributed by atoms with E-state index in [9.17, 15) is 22.0 Å². The maximum atomic E-state index is 13.7. The van der Waals surface area contributed by atoms with Crippen molar-refractivity contribution in [3.63, 3.8) is 0 Å². The number of allylic oxidation sites excluding steroid dienone is 1. The summed E-state index contributed by atoms with van der Waals surface area (Å²) in [5.74, 6) is -0.544. The van der Waals surface area contributed by atoms with Crippen molar-refractivity contribution >= 4 is 38.9 Å². The fourth-order valence-electron chi connectivity index (χ4n) is 3.80. The van der Waals surface area contributed by atoms with E-state index in [4.69, 9.17) is 0 Å². The van der Waals surface area contributed by atoms with E-state index >= 15 is 0 Å². The number of pyridine rings is 1. The predicted molar refractivity (Wildman–Crippen MR) is 122 cm³/mol. The van der Waals surface area contributed by atoms with Gasteiger partial charge in [0, 0.05) is 16.7 Å². The molecule has 1 aromatic carbocycles. The molecule has 0 unspecified atom stereocenters. The van der Waals surface area contributed by atoms with Crippen LogP contribution < -0.4 is 5.32 Å². The molecule has 0 aliphatic heterocycles. The van der Waals surface area contributed by atoms with Crippen LogP contribution in [0.1, 0.15) is 31.2 Å². The van der Waals surface area contributed by atoms with Gasteiger partial charge in [-0.3, -0.25) is 4.79 Å². The molecule has 1 heterocycles. The van der Waals surface area contributed by atoms with Gasteiger partial charge in [-0.05, 0) is 67.7 Å². The molecule has 32 heavy (non-hydrogen) atoms. The summed E-state index contributed by atoms with van der Waals surface area (Å²) in [4.78, 5) is 18.5. The number of benzene rings is 1. The number of nitrogens with one attached hydrogen (secondary N) is 1. The second-order valence-electron chi connectivity index (χ2n) is 8.15. The molecule has 0 saturated heterocycles. The Morgan fingerprint density at radius 2 is 1.75 bits per heavy atom. The monoisotopic (exact) mass is 478 g/mol. The summed E-state index contributed by atoms with van der Waals surface area (Å²) in [7, 11) is -3.35. The fraction of sp³-hybridized carbons (Fsp3) is 0.391. The maximum Gasteiger partial charge on any atom is 0.257 e. The summed E-state index contributed by atoms with van der Waals surface area (Å²) < 4.78 is 52.4. The molecule has 2 aromatic rings. The molecule has 2 aliphatic rings. The van der Waals surface area contributed by atoms with Gasteiger partial charge in [-0.15, -0.1) is 11.8 Å². The number of thioether (sulfide) groups is 1. The molecule has 2 aliphatic carbocycles. The lowest BCUT2D eigenvalue weighted by atomic mass is 9.98. The second-order valence-corrected chi connectivity index (χ2v) is 11.3. The summed E-state index contributed by atoms with van der Waals surface area (Å²) >= 11 is 1.52. The number of hydrogen-bond acceptors (Lipinski definition) is 5. The average molecular weight is 479 g/mol. The van der Waals surface area contributed by atoms with Crippen LogP contribution in [0.2, 0.25) is 0 Å². The Labute approximate surface area is 190 Å². The Hall–Kier alpha value is -2.26. The molecule has 2 saturated carbocycles. The Morgan fingerprint density at radius 3 is 2.28 bits per heavy atom.